The standard InChI is InChI=1S/C10H12O5/c11-3-5-1-2-6-7(9(12)13)4-15-10(14)8(5)6/h1,4,6,8,10-11,14H,2-3H2,(H,12,13)/t6-,8-,10?/m1/s1. The molecule has 0 radical (unpaired) electrons. The van der Waals surface area contributed by atoms with Crippen LogP contribution >= 0.6 is 0 Å². The van der Waals surface area contributed by atoms with E-state index in [2.05, 4.69) is 0 Å². The van der Waals surface area contributed by atoms with Gasteiger partial charge in [-0.25, -0.2) is 4.79 Å². The Balaban J connectivity index is 2.29. The summed E-state index contributed by atoms with van der Waals surface area (Å²) in [5, 5.41) is 27.5. The number of hydrogen-bond donors (Lipinski definition) is 3. The number of rotatable bonds is 2. The van der Waals surface area contributed by atoms with E-state index in [1.54, 1.807) is 6.08 Å². The monoisotopic (exact) mass is 212 g/mol. The molecule has 0 aromatic carbocycles. The number of aliphatic carboxylic acids is 1. The van der Waals surface area contributed by atoms with Gasteiger partial charge in [0.1, 0.15) is 0 Å². The highest BCUT2D eigenvalue weighted by molar-refractivity contribution is 5.87. The maximum absolute atomic E-state index is 10.9. The molecule has 1 heterocycles. The molecule has 0 aromatic rings. The first-order chi connectivity index (χ1) is 7.15. The molecular formula is C10H12O5. The summed E-state index contributed by atoms with van der Waals surface area (Å²) in [5.74, 6) is -1.75. The van der Waals surface area contributed by atoms with E-state index < -0.39 is 18.2 Å². The second-order valence-corrected chi connectivity index (χ2v) is 3.71. The average molecular weight is 212 g/mol. The first-order valence-corrected chi connectivity index (χ1v) is 4.71. The van der Waals surface area contributed by atoms with Crippen LogP contribution in [-0.4, -0.2) is 34.2 Å². The van der Waals surface area contributed by atoms with Crippen LogP contribution in [0.15, 0.2) is 23.5 Å². The van der Waals surface area contributed by atoms with Crippen LogP contribution < -0.4 is 0 Å². The Kier molecular flexibility index (Phi) is 2.50. The molecule has 0 spiro atoms. The van der Waals surface area contributed by atoms with E-state index in [4.69, 9.17) is 14.9 Å². The van der Waals surface area contributed by atoms with Crippen molar-refractivity contribution in [1.29, 1.82) is 0 Å². The Hall–Kier alpha value is -1.33. The summed E-state index contributed by atoms with van der Waals surface area (Å²) in [6.07, 6.45) is 2.34. The van der Waals surface area contributed by atoms with Gasteiger partial charge < -0.3 is 20.1 Å². The van der Waals surface area contributed by atoms with Crippen LogP contribution in [0.2, 0.25) is 0 Å². The highest BCUT2D eigenvalue weighted by atomic mass is 16.6. The molecule has 3 N–H and O–H groups in total. The van der Waals surface area contributed by atoms with Crippen LogP contribution in [0.3, 0.4) is 0 Å². The Morgan fingerprint density at radius 2 is 2.33 bits per heavy atom. The van der Waals surface area contributed by atoms with Gasteiger partial charge in [-0.05, 0) is 12.0 Å². The van der Waals surface area contributed by atoms with Crippen LogP contribution in [0, 0.1) is 11.8 Å². The fourth-order valence-electron chi connectivity index (χ4n) is 2.22. The van der Waals surface area contributed by atoms with E-state index in [-0.39, 0.29) is 18.1 Å². The number of hydrogen-bond acceptors (Lipinski definition) is 4. The number of carboxylic acids is 1. The summed E-state index contributed by atoms with van der Waals surface area (Å²) < 4.78 is 4.86. The number of carboxylic acid groups (broad SMARTS) is 1. The summed E-state index contributed by atoms with van der Waals surface area (Å²) in [7, 11) is 0. The molecule has 0 aromatic heterocycles. The molecule has 3 atom stereocenters. The molecule has 0 fully saturated rings. The fourth-order valence-corrected chi connectivity index (χ4v) is 2.22. The Labute approximate surface area is 86.3 Å². The molecule has 82 valence electrons. The fraction of sp³-hybridized carbons (Fsp3) is 0.500. The molecule has 15 heavy (non-hydrogen) atoms. The molecule has 0 saturated carbocycles. The summed E-state index contributed by atoms with van der Waals surface area (Å²) >= 11 is 0. The number of ether oxygens (including phenoxy) is 1. The van der Waals surface area contributed by atoms with Crippen molar-refractivity contribution in [2.24, 2.45) is 11.8 Å². The van der Waals surface area contributed by atoms with Crippen molar-refractivity contribution >= 4 is 5.97 Å². The molecule has 5 heteroatoms. The summed E-state index contributed by atoms with van der Waals surface area (Å²) in [6, 6.07) is 0. The van der Waals surface area contributed by atoms with Gasteiger partial charge in [-0.1, -0.05) is 6.08 Å². The van der Waals surface area contributed by atoms with Gasteiger partial charge in [0, 0.05) is 5.92 Å². The van der Waals surface area contributed by atoms with Gasteiger partial charge in [-0.2, -0.15) is 0 Å². The molecule has 5 nitrogen and oxygen atoms in total. The maximum Gasteiger partial charge on any atom is 0.335 e. The van der Waals surface area contributed by atoms with E-state index in [9.17, 15) is 9.90 Å². The van der Waals surface area contributed by atoms with Gasteiger partial charge >= 0.3 is 5.97 Å². The lowest BCUT2D eigenvalue weighted by atomic mass is 9.84. The quantitative estimate of drug-likeness (QED) is 0.554. The van der Waals surface area contributed by atoms with Crippen LogP contribution in [-0.2, 0) is 9.53 Å². The van der Waals surface area contributed by atoms with Crippen LogP contribution in [0.5, 0.6) is 0 Å². The minimum atomic E-state index is -1.06. The molecule has 1 aliphatic carbocycles. The third kappa shape index (κ3) is 1.53. The van der Waals surface area contributed by atoms with Crippen LogP contribution in [0.1, 0.15) is 6.42 Å². The van der Waals surface area contributed by atoms with Crippen molar-refractivity contribution in [3.05, 3.63) is 23.5 Å². The lowest BCUT2D eigenvalue weighted by molar-refractivity contribution is -0.138. The number of aliphatic hydroxyl groups is 2. The third-order valence-corrected chi connectivity index (χ3v) is 2.97. The second-order valence-electron chi connectivity index (χ2n) is 3.71. The zero-order chi connectivity index (χ0) is 11.0. The molecule has 0 bridgehead atoms. The molecule has 2 aliphatic rings. The van der Waals surface area contributed by atoms with Gasteiger partial charge in [0.15, 0.2) is 0 Å². The van der Waals surface area contributed by atoms with Gasteiger partial charge in [-0.15, -0.1) is 0 Å². The first-order valence-electron chi connectivity index (χ1n) is 4.71. The Morgan fingerprint density at radius 1 is 1.60 bits per heavy atom. The summed E-state index contributed by atoms with van der Waals surface area (Å²) in [5.41, 5.74) is 0.810. The SMILES string of the molecule is O=C(O)C1=COC(O)[C@@H]2C(CO)=CC[C@H]12. The van der Waals surface area contributed by atoms with Gasteiger partial charge in [0.05, 0.1) is 24.4 Å². The first kappa shape index (κ1) is 10.2. The molecule has 0 amide bonds. The van der Waals surface area contributed by atoms with E-state index in [0.717, 1.165) is 6.26 Å². The lowest BCUT2D eigenvalue weighted by Crippen LogP contribution is -2.35. The third-order valence-electron chi connectivity index (χ3n) is 2.97. The van der Waals surface area contributed by atoms with Gasteiger partial charge in [0.25, 0.3) is 0 Å². The Morgan fingerprint density at radius 3 is 2.93 bits per heavy atom. The normalized spacial score (nSPS) is 33.9. The smallest absolute Gasteiger partial charge is 0.335 e. The van der Waals surface area contributed by atoms with Gasteiger partial charge in [-0.3, -0.25) is 0 Å². The number of carbonyl (C=O) groups is 1. The molecule has 0 saturated heterocycles. The zero-order valence-corrected chi connectivity index (χ0v) is 7.96. The predicted octanol–water partition coefficient (Wildman–Crippen LogP) is -0.142. The van der Waals surface area contributed by atoms with Crippen molar-refractivity contribution in [3.8, 4) is 0 Å². The molecule has 1 unspecified atom stereocenters. The Bertz CT molecular complexity index is 344. The number of allylic oxidation sites excluding steroid dienone is 1. The lowest BCUT2D eigenvalue weighted by Gasteiger charge is -2.31. The summed E-state index contributed by atoms with van der Waals surface area (Å²) in [4.78, 5) is 10.9. The zero-order valence-electron chi connectivity index (χ0n) is 7.96. The topological polar surface area (TPSA) is 87.0 Å². The number of fused-ring (bicyclic) bond motifs is 1. The van der Waals surface area contributed by atoms with E-state index in [1.165, 1.54) is 0 Å². The molecule has 2 rings (SSSR count). The highest BCUT2D eigenvalue weighted by Crippen LogP contribution is 2.41. The van der Waals surface area contributed by atoms with Crippen molar-refractivity contribution in [2.45, 2.75) is 12.7 Å². The van der Waals surface area contributed by atoms with Crippen molar-refractivity contribution in [1.82, 2.24) is 0 Å². The maximum atomic E-state index is 10.9. The van der Waals surface area contributed by atoms with E-state index >= 15 is 0 Å². The van der Waals surface area contributed by atoms with Gasteiger partial charge in [0.2, 0.25) is 6.29 Å². The number of aliphatic hydroxyl groups excluding tert-OH is 2. The predicted molar refractivity (Wildman–Crippen MR) is 49.6 cm³/mol. The van der Waals surface area contributed by atoms with Crippen molar-refractivity contribution < 1.29 is 24.9 Å². The van der Waals surface area contributed by atoms with Crippen molar-refractivity contribution in [3.63, 3.8) is 0 Å². The van der Waals surface area contributed by atoms with Crippen LogP contribution in [0.25, 0.3) is 0 Å². The van der Waals surface area contributed by atoms with Crippen LogP contribution in [0.4, 0.5) is 0 Å². The average Bonchev–Trinajstić information content (AvgIpc) is 2.62. The highest BCUT2D eigenvalue weighted by Gasteiger charge is 2.42. The molecular weight excluding hydrogens is 200 g/mol. The molecule has 1 aliphatic heterocycles. The second kappa shape index (κ2) is 3.67. The minimum absolute atomic E-state index is 0.157. The summed E-state index contributed by atoms with van der Waals surface area (Å²) in [6.45, 7) is -0.172. The van der Waals surface area contributed by atoms with E-state index in [0.29, 0.717) is 12.0 Å². The van der Waals surface area contributed by atoms with Crippen molar-refractivity contribution in [2.75, 3.05) is 6.61 Å². The minimum Gasteiger partial charge on any atom is -0.478 e. The van der Waals surface area contributed by atoms with E-state index in [1.807, 2.05) is 0 Å². The largest absolute Gasteiger partial charge is 0.478 e.